The molecule has 0 heterocycles. The minimum absolute atomic E-state index is 0.0824. The van der Waals surface area contributed by atoms with Gasteiger partial charge in [0, 0.05) is 10.7 Å². The number of carbonyl (C=O) groups excluding carboxylic acids is 1. The van der Waals surface area contributed by atoms with Gasteiger partial charge in [-0.25, -0.2) is 0 Å². The van der Waals surface area contributed by atoms with Gasteiger partial charge in [-0.05, 0) is 95.0 Å². The molecule has 4 aromatic rings. The highest BCUT2D eigenvalue weighted by Crippen LogP contribution is 2.39. The molecule has 0 aliphatic carbocycles. The van der Waals surface area contributed by atoms with Crippen LogP contribution in [0.2, 0.25) is 5.02 Å². The van der Waals surface area contributed by atoms with E-state index in [9.17, 15) is 10.1 Å². The van der Waals surface area contributed by atoms with Crippen LogP contribution in [0, 0.1) is 11.3 Å². The highest BCUT2D eigenvalue weighted by molar-refractivity contribution is 9.10. The van der Waals surface area contributed by atoms with Gasteiger partial charge in [-0.1, -0.05) is 54.1 Å². The monoisotopic (exact) mass is 660 g/mol. The maximum Gasteiger partial charge on any atom is 0.266 e. The Kier molecular flexibility index (Phi) is 11.5. The topological polar surface area (TPSA) is 89.8 Å². The predicted molar refractivity (Wildman–Crippen MR) is 172 cm³/mol. The van der Waals surface area contributed by atoms with Crippen LogP contribution in [-0.4, -0.2) is 19.1 Å². The Labute approximate surface area is 264 Å². The first-order valence-corrected chi connectivity index (χ1v) is 14.8. The molecule has 1 amide bonds. The standard InChI is InChI=1S/C34H30BrClN2O5/c1-3-40-31-17-24(13-14-30(31)42-21-23-9-6-5-7-10-23)22-43-33-29(35)16-25(18-32(33)41-4-2)15-26(20-37)34(39)38-28-12-8-11-27(36)19-28/h5-19H,3-4,21-22H2,1-2H3,(H,38,39)/b26-15-. The summed E-state index contributed by atoms with van der Waals surface area (Å²) >= 11 is 9.57. The number of halogens is 2. The van der Waals surface area contributed by atoms with E-state index in [-0.39, 0.29) is 12.2 Å². The van der Waals surface area contributed by atoms with Crippen LogP contribution in [0.25, 0.3) is 6.08 Å². The first kappa shape index (κ1) is 31.5. The van der Waals surface area contributed by atoms with Crippen molar-refractivity contribution in [2.24, 2.45) is 0 Å². The third kappa shape index (κ3) is 9.02. The second-order valence-corrected chi connectivity index (χ2v) is 10.5. The number of amides is 1. The van der Waals surface area contributed by atoms with Crippen LogP contribution in [0.15, 0.2) is 95.0 Å². The maximum atomic E-state index is 12.8. The van der Waals surface area contributed by atoms with Gasteiger partial charge in [0.15, 0.2) is 23.0 Å². The zero-order valence-electron chi connectivity index (χ0n) is 23.7. The Bertz CT molecular complexity index is 1640. The predicted octanol–water partition coefficient (Wildman–Crippen LogP) is 8.60. The maximum absolute atomic E-state index is 12.8. The van der Waals surface area contributed by atoms with Crippen molar-refractivity contribution in [2.75, 3.05) is 18.5 Å². The second-order valence-electron chi connectivity index (χ2n) is 9.17. The molecular formula is C34H30BrClN2O5. The van der Waals surface area contributed by atoms with Crippen molar-refractivity contribution in [1.82, 2.24) is 0 Å². The Morgan fingerprint density at radius 3 is 2.30 bits per heavy atom. The van der Waals surface area contributed by atoms with Crippen LogP contribution in [0.4, 0.5) is 5.69 Å². The molecule has 0 aliphatic rings. The fraction of sp³-hybridized carbons (Fsp3) is 0.176. The molecule has 1 N–H and O–H groups in total. The van der Waals surface area contributed by atoms with E-state index < -0.39 is 5.91 Å². The molecule has 0 fully saturated rings. The number of rotatable bonds is 13. The lowest BCUT2D eigenvalue weighted by Crippen LogP contribution is -2.13. The lowest BCUT2D eigenvalue weighted by atomic mass is 10.1. The summed E-state index contributed by atoms with van der Waals surface area (Å²) < 4.78 is 24.5. The van der Waals surface area contributed by atoms with Crippen molar-refractivity contribution in [1.29, 1.82) is 5.26 Å². The molecule has 0 atom stereocenters. The summed E-state index contributed by atoms with van der Waals surface area (Å²) in [7, 11) is 0. The van der Waals surface area contributed by atoms with Gasteiger partial charge in [0.2, 0.25) is 0 Å². The summed E-state index contributed by atoms with van der Waals surface area (Å²) in [6, 6.07) is 27.8. The molecular weight excluding hydrogens is 632 g/mol. The van der Waals surface area contributed by atoms with Gasteiger partial charge < -0.3 is 24.3 Å². The molecule has 7 nitrogen and oxygen atoms in total. The number of ether oxygens (including phenoxy) is 4. The SMILES string of the molecule is CCOc1cc(COc2c(Br)cc(/C=C(/C#N)C(=O)Nc3cccc(Cl)c3)cc2OCC)ccc1OCc1ccccc1. The van der Waals surface area contributed by atoms with Gasteiger partial charge in [-0.2, -0.15) is 5.26 Å². The van der Waals surface area contributed by atoms with Crippen LogP contribution in [0.3, 0.4) is 0 Å². The van der Waals surface area contributed by atoms with Gasteiger partial charge in [-0.15, -0.1) is 0 Å². The first-order chi connectivity index (χ1) is 20.9. The van der Waals surface area contributed by atoms with Gasteiger partial charge in [-0.3, -0.25) is 4.79 Å². The van der Waals surface area contributed by atoms with E-state index in [1.54, 1.807) is 36.4 Å². The molecule has 0 bridgehead atoms. The van der Waals surface area contributed by atoms with Gasteiger partial charge in [0.25, 0.3) is 5.91 Å². The zero-order chi connectivity index (χ0) is 30.6. The molecule has 0 aromatic heterocycles. The third-order valence-electron chi connectivity index (χ3n) is 6.02. The lowest BCUT2D eigenvalue weighted by molar-refractivity contribution is -0.112. The molecule has 0 radical (unpaired) electrons. The number of hydrogen-bond donors (Lipinski definition) is 1. The van der Waals surface area contributed by atoms with Gasteiger partial charge >= 0.3 is 0 Å². The van der Waals surface area contributed by atoms with E-state index in [1.807, 2.05) is 68.4 Å². The third-order valence-corrected chi connectivity index (χ3v) is 6.84. The summed E-state index contributed by atoms with van der Waals surface area (Å²) in [6.07, 6.45) is 1.49. The van der Waals surface area contributed by atoms with Crippen molar-refractivity contribution in [3.8, 4) is 29.1 Å². The molecule has 43 heavy (non-hydrogen) atoms. The summed E-state index contributed by atoms with van der Waals surface area (Å²) in [5.41, 5.74) is 2.92. The summed E-state index contributed by atoms with van der Waals surface area (Å²) in [5, 5.41) is 12.8. The Morgan fingerprint density at radius 2 is 1.58 bits per heavy atom. The number of carbonyl (C=O) groups is 1. The summed E-state index contributed by atoms with van der Waals surface area (Å²) in [4.78, 5) is 12.8. The van der Waals surface area contributed by atoms with Gasteiger partial charge in [0.05, 0.1) is 17.7 Å². The van der Waals surface area contributed by atoms with Crippen molar-refractivity contribution in [3.05, 3.63) is 117 Å². The number of nitrogens with zero attached hydrogens (tertiary/aromatic N) is 1. The lowest BCUT2D eigenvalue weighted by Gasteiger charge is -2.16. The van der Waals surface area contributed by atoms with Crippen LogP contribution in [-0.2, 0) is 18.0 Å². The van der Waals surface area contributed by atoms with E-state index in [4.69, 9.17) is 30.5 Å². The number of benzene rings is 4. The van der Waals surface area contributed by atoms with Crippen LogP contribution >= 0.6 is 27.5 Å². The average Bonchev–Trinajstić information content (AvgIpc) is 3.00. The highest BCUT2D eigenvalue weighted by Gasteiger charge is 2.16. The number of hydrogen-bond acceptors (Lipinski definition) is 6. The molecule has 9 heteroatoms. The minimum atomic E-state index is -0.555. The normalized spacial score (nSPS) is 10.9. The molecule has 0 unspecified atom stereocenters. The largest absolute Gasteiger partial charge is 0.490 e. The Morgan fingerprint density at radius 1 is 0.837 bits per heavy atom. The van der Waals surface area contributed by atoms with E-state index in [1.165, 1.54) is 6.08 Å². The Hall–Kier alpha value is -4.45. The van der Waals surface area contributed by atoms with Crippen molar-refractivity contribution in [2.45, 2.75) is 27.1 Å². The molecule has 220 valence electrons. The summed E-state index contributed by atoms with van der Waals surface area (Å²) in [6.45, 7) is 5.32. The fourth-order valence-electron chi connectivity index (χ4n) is 4.07. The molecule has 4 rings (SSSR count). The van der Waals surface area contributed by atoms with E-state index in [0.717, 1.165) is 11.1 Å². The van der Waals surface area contributed by atoms with E-state index >= 15 is 0 Å². The second kappa shape index (κ2) is 15.7. The molecule has 4 aromatic carbocycles. The Balaban J connectivity index is 1.50. The van der Waals surface area contributed by atoms with Crippen molar-refractivity contribution >= 4 is 45.2 Å². The first-order valence-electron chi connectivity index (χ1n) is 13.6. The van der Waals surface area contributed by atoms with Crippen molar-refractivity contribution < 1.29 is 23.7 Å². The molecule has 0 saturated heterocycles. The smallest absolute Gasteiger partial charge is 0.266 e. The number of nitrogens with one attached hydrogen (secondary N) is 1. The van der Waals surface area contributed by atoms with Gasteiger partial charge in [0.1, 0.15) is 24.9 Å². The average molecular weight is 662 g/mol. The highest BCUT2D eigenvalue weighted by atomic mass is 79.9. The minimum Gasteiger partial charge on any atom is -0.490 e. The molecule has 0 saturated carbocycles. The molecule has 0 aliphatic heterocycles. The fourth-order valence-corrected chi connectivity index (χ4v) is 4.84. The zero-order valence-corrected chi connectivity index (χ0v) is 26.1. The quantitative estimate of drug-likeness (QED) is 0.114. The van der Waals surface area contributed by atoms with Crippen LogP contribution in [0.5, 0.6) is 23.0 Å². The molecule has 0 spiro atoms. The van der Waals surface area contributed by atoms with E-state index in [2.05, 4.69) is 21.2 Å². The number of anilines is 1. The van der Waals surface area contributed by atoms with Crippen LogP contribution < -0.4 is 24.3 Å². The number of nitriles is 1. The van der Waals surface area contributed by atoms with Crippen molar-refractivity contribution in [3.63, 3.8) is 0 Å². The van der Waals surface area contributed by atoms with Crippen LogP contribution in [0.1, 0.15) is 30.5 Å². The van der Waals surface area contributed by atoms with E-state index in [0.29, 0.717) is 63.6 Å². The summed E-state index contributed by atoms with van der Waals surface area (Å²) in [5.74, 6) is 1.67.